The van der Waals surface area contributed by atoms with Crippen molar-refractivity contribution in [1.82, 2.24) is 10.3 Å². The van der Waals surface area contributed by atoms with Crippen molar-refractivity contribution in [3.63, 3.8) is 0 Å². The molecule has 1 aromatic carbocycles. The van der Waals surface area contributed by atoms with Crippen LogP contribution in [0.3, 0.4) is 0 Å². The Morgan fingerprint density at radius 3 is 2.91 bits per heavy atom. The first-order chi connectivity index (χ1) is 11.2. The van der Waals surface area contributed by atoms with Crippen LogP contribution in [-0.4, -0.2) is 24.0 Å². The number of rotatable bonds is 4. The summed E-state index contributed by atoms with van der Waals surface area (Å²) in [7, 11) is 0. The van der Waals surface area contributed by atoms with Gasteiger partial charge < -0.3 is 10.2 Å². The second kappa shape index (κ2) is 6.77. The second-order valence-electron chi connectivity index (χ2n) is 5.75. The largest absolute Gasteiger partial charge is 0.352 e. The van der Waals surface area contributed by atoms with Gasteiger partial charge in [-0.15, -0.1) is 0 Å². The van der Waals surface area contributed by atoms with Crippen LogP contribution in [0.1, 0.15) is 34.8 Å². The van der Waals surface area contributed by atoms with Crippen molar-refractivity contribution >= 4 is 11.7 Å². The van der Waals surface area contributed by atoms with Crippen molar-refractivity contribution in [2.75, 3.05) is 18.0 Å². The van der Waals surface area contributed by atoms with Crippen LogP contribution in [0.25, 0.3) is 0 Å². The van der Waals surface area contributed by atoms with E-state index in [1.54, 1.807) is 18.3 Å². The highest BCUT2D eigenvalue weighted by Gasteiger charge is 2.18. The summed E-state index contributed by atoms with van der Waals surface area (Å²) in [6.45, 7) is 4.19. The van der Waals surface area contributed by atoms with Crippen LogP contribution in [-0.2, 0) is 13.0 Å². The van der Waals surface area contributed by atoms with E-state index in [1.807, 2.05) is 19.1 Å². The molecule has 2 aromatic rings. The molecule has 1 amide bonds. The monoisotopic (exact) mass is 313 g/mol. The zero-order chi connectivity index (χ0) is 16.2. The van der Waals surface area contributed by atoms with Gasteiger partial charge in [0.2, 0.25) is 0 Å². The molecule has 4 nitrogen and oxygen atoms in total. The minimum absolute atomic E-state index is 0.0923. The van der Waals surface area contributed by atoms with Gasteiger partial charge in [0.1, 0.15) is 11.6 Å². The first-order valence-corrected chi connectivity index (χ1v) is 7.94. The van der Waals surface area contributed by atoms with Gasteiger partial charge in [-0.1, -0.05) is 13.0 Å². The maximum atomic E-state index is 13.3. The van der Waals surface area contributed by atoms with Crippen molar-refractivity contribution in [3.8, 4) is 0 Å². The number of hydrogen-bond donors (Lipinski definition) is 1. The quantitative estimate of drug-likeness (QED) is 0.944. The molecule has 0 atom stereocenters. The number of nitrogens with zero attached hydrogens (tertiary/aromatic N) is 2. The first kappa shape index (κ1) is 15.5. The minimum Gasteiger partial charge on any atom is -0.352 e. The average molecular weight is 313 g/mol. The summed E-state index contributed by atoms with van der Waals surface area (Å²) in [6.07, 6.45) is 3.32. The van der Waals surface area contributed by atoms with Gasteiger partial charge in [-0.3, -0.25) is 4.79 Å². The van der Waals surface area contributed by atoms with Gasteiger partial charge >= 0.3 is 0 Å². The van der Waals surface area contributed by atoms with Crippen molar-refractivity contribution in [2.24, 2.45) is 0 Å². The third-order valence-electron chi connectivity index (χ3n) is 4.05. The fraction of sp³-hybridized carbons (Fsp3) is 0.333. The Labute approximate surface area is 135 Å². The highest BCUT2D eigenvalue weighted by molar-refractivity contribution is 5.94. The molecule has 5 heteroatoms. The summed E-state index contributed by atoms with van der Waals surface area (Å²) in [6, 6.07) is 8.62. The Balaban J connectivity index is 1.71. The van der Waals surface area contributed by atoms with Crippen LogP contribution in [0.2, 0.25) is 0 Å². The van der Waals surface area contributed by atoms with Gasteiger partial charge in [-0.2, -0.15) is 0 Å². The standard InChI is InChI=1S/C18H20FN3O/c1-2-8-20-18(23)14-4-6-17(21-11-14)22-9-7-13-10-16(19)5-3-15(13)12-22/h3-6,10-11H,2,7-9,12H2,1H3,(H,20,23). The third-order valence-corrected chi connectivity index (χ3v) is 4.05. The van der Waals surface area contributed by atoms with E-state index in [9.17, 15) is 9.18 Å². The molecule has 0 radical (unpaired) electrons. The van der Waals surface area contributed by atoms with Crippen molar-refractivity contribution in [1.29, 1.82) is 0 Å². The Morgan fingerprint density at radius 1 is 1.30 bits per heavy atom. The number of aromatic nitrogens is 1. The fourth-order valence-corrected chi connectivity index (χ4v) is 2.77. The SMILES string of the molecule is CCCNC(=O)c1ccc(N2CCc3cc(F)ccc3C2)nc1. The highest BCUT2D eigenvalue weighted by atomic mass is 19.1. The molecule has 0 saturated heterocycles. The predicted octanol–water partition coefficient (Wildman–Crippen LogP) is 2.92. The van der Waals surface area contributed by atoms with Crippen molar-refractivity contribution in [3.05, 3.63) is 59.0 Å². The summed E-state index contributed by atoms with van der Waals surface area (Å²) in [4.78, 5) is 18.4. The molecular weight excluding hydrogens is 293 g/mol. The molecule has 0 fully saturated rings. The lowest BCUT2D eigenvalue weighted by Crippen LogP contribution is -2.31. The molecule has 120 valence electrons. The molecule has 1 aromatic heterocycles. The Hall–Kier alpha value is -2.43. The molecule has 2 heterocycles. The van der Waals surface area contributed by atoms with Gasteiger partial charge in [-0.25, -0.2) is 9.37 Å². The Kier molecular flexibility index (Phi) is 4.55. The summed E-state index contributed by atoms with van der Waals surface area (Å²) >= 11 is 0. The van der Waals surface area contributed by atoms with Crippen LogP contribution >= 0.6 is 0 Å². The first-order valence-electron chi connectivity index (χ1n) is 7.94. The van der Waals surface area contributed by atoms with Gasteiger partial charge in [-0.05, 0) is 48.2 Å². The number of benzene rings is 1. The lowest BCUT2D eigenvalue weighted by Gasteiger charge is -2.29. The third kappa shape index (κ3) is 3.50. The molecule has 0 spiro atoms. The number of hydrogen-bond acceptors (Lipinski definition) is 3. The van der Waals surface area contributed by atoms with Crippen LogP contribution in [0.15, 0.2) is 36.5 Å². The molecule has 0 aliphatic carbocycles. The summed E-state index contributed by atoms with van der Waals surface area (Å²) in [5, 5.41) is 2.84. The van der Waals surface area contributed by atoms with Gasteiger partial charge in [0.25, 0.3) is 5.91 Å². The van der Waals surface area contributed by atoms with E-state index in [2.05, 4.69) is 15.2 Å². The number of pyridine rings is 1. The van der Waals surface area contributed by atoms with Gasteiger partial charge in [0, 0.05) is 25.8 Å². The zero-order valence-electron chi connectivity index (χ0n) is 13.2. The van der Waals surface area contributed by atoms with Crippen LogP contribution < -0.4 is 10.2 Å². The number of nitrogens with one attached hydrogen (secondary N) is 1. The van der Waals surface area contributed by atoms with Gasteiger partial charge in [0.05, 0.1) is 5.56 Å². The number of anilines is 1. The number of halogens is 1. The van der Waals surface area contributed by atoms with E-state index in [4.69, 9.17) is 0 Å². The normalized spacial score (nSPS) is 13.6. The molecule has 1 aliphatic rings. The summed E-state index contributed by atoms with van der Waals surface area (Å²) in [5.41, 5.74) is 2.77. The van der Waals surface area contributed by atoms with Crippen LogP contribution in [0, 0.1) is 5.82 Å². The number of carbonyl (C=O) groups excluding carboxylic acids is 1. The highest BCUT2D eigenvalue weighted by Crippen LogP contribution is 2.23. The van der Waals surface area contributed by atoms with E-state index < -0.39 is 0 Å². The maximum absolute atomic E-state index is 13.3. The number of amides is 1. The van der Waals surface area contributed by atoms with E-state index in [-0.39, 0.29) is 11.7 Å². The molecule has 0 saturated carbocycles. The zero-order valence-corrected chi connectivity index (χ0v) is 13.2. The van der Waals surface area contributed by atoms with E-state index >= 15 is 0 Å². The number of fused-ring (bicyclic) bond motifs is 1. The Bertz CT molecular complexity index is 700. The molecule has 3 rings (SSSR count). The van der Waals surface area contributed by atoms with E-state index in [0.717, 1.165) is 36.3 Å². The van der Waals surface area contributed by atoms with E-state index in [1.165, 1.54) is 6.07 Å². The van der Waals surface area contributed by atoms with Crippen molar-refractivity contribution < 1.29 is 9.18 Å². The van der Waals surface area contributed by atoms with Crippen LogP contribution in [0.4, 0.5) is 10.2 Å². The summed E-state index contributed by atoms with van der Waals surface area (Å²) < 4.78 is 13.3. The lowest BCUT2D eigenvalue weighted by atomic mass is 9.99. The minimum atomic E-state index is -0.183. The molecule has 0 unspecified atom stereocenters. The topological polar surface area (TPSA) is 45.2 Å². The second-order valence-corrected chi connectivity index (χ2v) is 5.75. The average Bonchev–Trinajstić information content (AvgIpc) is 2.59. The molecule has 0 bridgehead atoms. The molecule has 1 N–H and O–H groups in total. The van der Waals surface area contributed by atoms with Gasteiger partial charge in [0.15, 0.2) is 0 Å². The van der Waals surface area contributed by atoms with Crippen LogP contribution in [0.5, 0.6) is 0 Å². The molecular formula is C18H20FN3O. The van der Waals surface area contributed by atoms with E-state index in [0.29, 0.717) is 18.7 Å². The maximum Gasteiger partial charge on any atom is 0.252 e. The smallest absolute Gasteiger partial charge is 0.252 e. The Morgan fingerprint density at radius 2 is 2.17 bits per heavy atom. The fourth-order valence-electron chi connectivity index (χ4n) is 2.77. The molecule has 23 heavy (non-hydrogen) atoms. The number of carbonyl (C=O) groups is 1. The summed E-state index contributed by atoms with van der Waals surface area (Å²) in [5.74, 6) is 0.565. The predicted molar refractivity (Wildman–Crippen MR) is 88.0 cm³/mol. The molecule has 1 aliphatic heterocycles. The van der Waals surface area contributed by atoms with Crippen molar-refractivity contribution in [2.45, 2.75) is 26.3 Å². The lowest BCUT2D eigenvalue weighted by molar-refractivity contribution is 0.0953.